The van der Waals surface area contributed by atoms with E-state index in [1.54, 1.807) is 0 Å². The fourth-order valence-electron chi connectivity index (χ4n) is 2.43. The normalized spacial score (nSPS) is 13.3. The van der Waals surface area contributed by atoms with Gasteiger partial charge in [0.1, 0.15) is 11.3 Å². The number of aryl methyl sites for hydroxylation is 2. The zero-order valence-corrected chi connectivity index (χ0v) is 13.6. The molecule has 0 saturated carbocycles. The molecule has 2 aromatic rings. The average molecular weight is 301 g/mol. The Hall–Kier alpha value is -0.680. The molecule has 19 heavy (non-hydrogen) atoms. The van der Waals surface area contributed by atoms with Crippen molar-refractivity contribution in [3.05, 3.63) is 11.5 Å². The molecule has 0 bridgehead atoms. The minimum absolute atomic E-state index is 0.396. The quantitative estimate of drug-likeness (QED) is 0.765. The van der Waals surface area contributed by atoms with Crippen molar-refractivity contribution in [3.63, 3.8) is 0 Å². The lowest BCUT2D eigenvalue weighted by Gasteiger charge is -2.17. The molecule has 106 valence electrons. The van der Waals surface area contributed by atoms with Gasteiger partial charge < -0.3 is 4.57 Å². The summed E-state index contributed by atoms with van der Waals surface area (Å²) in [5, 5.41) is 4.55. The van der Waals surface area contributed by atoms with Crippen LogP contribution in [0.25, 0.3) is 11.2 Å². The predicted octanol–water partition coefficient (Wildman–Crippen LogP) is 3.61. The molecular weight excluding hydrogens is 280 g/mol. The highest BCUT2D eigenvalue weighted by Gasteiger charge is 2.20. The molecule has 2 rings (SSSR count). The van der Waals surface area contributed by atoms with Gasteiger partial charge in [-0.3, -0.25) is 0 Å². The van der Waals surface area contributed by atoms with Crippen molar-refractivity contribution in [1.29, 1.82) is 0 Å². The Morgan fingerprint density at radius 1 is 1.42 bits per heavy atom. The van der Waals surface area contributed by atoms with Gasteiger partial charge in [-0.15, -0.1) is 11.6 Å². The van der Waals surface area contributed by atoms with Crippen molar-refractivity contribution >= 4 is 34.5 Å². The third-order valence-electron chi connectivity index (χ3n) is 3.42. The summed E-state index contributed by atoms with van der Waals surface area (Å²) in [5.41, 5.74) is 3.09. The molecule has 6 heteroatoms. The maximum Gasteiger partial charge on any atom is 0.159 e. The van der Waals surface area contributed by atoms with E-state index in [1.165, 1.54) is 0 Å². The average Bonchev–Trinajstić information content (AvgIpc) is 2.93. The van der Waals surface area contributed by atoms with Crippen molar-refractivity contribution in [3.8, 4) is 0 Å². The van der Waals surface area contributed by atoms with E-state index < -0.39 is 0 Å². The zero-order chi connectivity index (χ0) is 14.0. The first kappa shape index (κ1) is 14.7. The van der Waals surface area contributed by atoms with Crippen LogP contribution in [0.3, 0.4) is 0 Å². The first-order valence-electron chi connectivity index (χ1n) is 6.63. The molecule has 1 atom stereocenters. The van der Waals surface area contributed by atoms with Gasteiger partial charge in [-0.05, 0) is 39.2 Å². The molecule has 0 amide bonds. The van der Waals surface area contributed by atoms with Crippen molar-refractivity contribution in [2.24, 2.45) is 0 Å². The van der Waals surface area contributed by atoms with E-state index >= 15 is 0 Å². The van der Waals surface area contributed by atoms with Crippen LogP contribution in [0.15, 0.2) is 0 Å². The summed E-state index contributed by atoms with van der Waals surface area (Å²) in [5.74, 6) is 2.54. The highest BCUT2D eigenvalue weighted by atomic mass is 35.5. The van der Waals surface area contributed by atoms with Crippen LogP contribution in [0, 0.1) is 6.92 Å². The van der Waals surface area contributed by atoms with Crippen LogP contribution in [-0.2, 0) is 12.4 Å². The van der Waals surface area contributed by atoms with Crippen LogP contribution >= 0.6 is 23.4 Å². The van der Waals surface area contributed by atoms with Gasteiger partial charge in [-0.25, -0.2) is 9.67 Å². The van der Waals surface area contributed by atoms with E-state index in [-0.39, 0.29) is 0 Å². The standard InChI is InChI=1S/C13H21ClN4S/c1-5-17-13-12(10(3)16-17)15-11(8-14)18(13)9(2)6-7-19-4/h9H,5-8H2,1-4H3. The number of imidazole rings is 1. The number of rotatable bonds is 6. The lowest BCUT2D eigenvalue weighted by atomic mass is 10.2. The van der Waals surface area contributed by atoms with Crippen LogP contribution in [-0.4, -0.2) is 31.3 Å². The number of halogens is 1. The van der Waals surface area contributed by atoms with E-state index in [4.69, 9.17) is 11.6 Å². The first-order chi connectivity index (χ1) is 9.13. The van der Waals surface area contributed by atoms with Gasteiger partial charge >= 0.3 is 0 Å². The maximum absolute atomic E-state index is 6.07. The Bertz CT molecular complexity index is 560. The van der Waals surface area contributed by atoms with Gasteiger partial charge in [-0.2, -0.15) is 16.9 Å². The number of nitrogens with zero attached hydrogens (tertiary/aromatic N) is 4. The SMILES string of the molecule is CCn1nc(C)c2nc(CCl)n(C(C)CCSC)c21. The highest BCUT2D eigenvalue weighted by molar-refractivity contribution is 7.98. The second-order valence-corrected chi connectivity index (χ2v) is 5.99. The summed E-state index contributed by atoms with van der Waals surface area (Å²) in [7, 11) is 0. The molecule has 0 aliphatic rings. The van der Waals surface area contributed by atoms with Gasteiger partial charge in [-0.1, -0.05) is 0 Å². The van der Waals surface area contributed by atoms with Crippen LogP contribution in [0.5, 0.6) is 0 Å². The molecule has 0 fully saturated rings. The minimum Gasteiger partial charge on any atom is -0.309 e. The molecule has 0 radical (unpaired) electrons. The van der Waals surface area contributed by atoms with E-state index in [0.29, 0.717) is 11.9 Å². The molecule has 4 nitrogen and oxygen atoms in total. The summed E-state index contributed by atoms with van der Waals surface area (Å²) >= 11 is 7.94. The monoisotopic (exact) mass is 300 g/mol. The Balaban J connectivity index is 2.55. The Labute approximate surface area is 123 Å². The molecule has 0 aromatic carbocycles. The van der Waals surface area contributed by atoms with Gasteiger partial charge in [0.25, 0.3) is 0 Å². The van der Waals surface area contributed by atoms with Gasteiger partial charge in [0.2, 0.25) is 0 Å². The zero-order valence-electron chi connectivity index (χ0n) is 12.0. The van der Waals surface area contributed by atoms with Crippen LogP contribution in [0.4, 0.5) is 0 Å². The third kappa shape index (κ3) is 2.63. The molecule has 0 aliphatic heterocycles. The largest absolute Gasteiger partial charge is 0.309 e. The van der Waals surface area contributed by atoms with Gasteiger partial charge in [0.15, 0.2) is 5.65 Å². The van der Waals surface area contributed by atoms with E-state index in [0.717, 1.165) is 41.4 Å². The Kier molecular flexibility index (Phi) is 4.79. The first-order valence-corrected chi connectivity index (χ1v) is 8.55. The van der Waals surface area contributed by atoms with E-state index in [9.17, 15) is 0 Å². The van der Waals surface area contributed by atoms with Crippen molar-refractivity contribution in [2.45, 2.75) is 45.7 Å². The topological polar surface area (TPSA) is 35.6 Å². The molecule has 2 heterocycles. The minimum atomic E-state index is 0.396. The van der Waals surface area contributed by atoms with Gasteiger partial charge in [0, 0.05) is 12.6 Å². The van der Waals surface area contributed by atoms with Crippen LogP contribution in [0.1, 0.15) is 37.8 Å². The third-order valence-corrected chi connectivity index (χ3v) is 4.30. The lowest BCUT2D eigenvalue weighted by molar-refractivity contribution is 0.514. The number of aromatic nitrogens is 4. The second-order valence-electron chi connectivity index (χ2n) is 4.74. The number of hydrogen-bond acceptors (Lipinski definition) is 3. The lowest BCUT2D eigenvalue weighted by Crippen LogP contribution is -2.13. The van der Waals surface area contributed by atoms with Gasteiger partial charge in [0.05, 0.1) is 11.6 Å². The number of hydrogen-bond donors (Lipinski definition) is 0. The predicted molar refractivity (Wildman–Crippen MR) is 83.2 cm³/mol. The van der Waals surface area contributed by atoms with E-state index in [1.807, 2.05) is 23.4 Å². The van der Waals surface area contributed by atoms with Crippen molar-refractivity contribution in [1.82, 2.24) is 19.3 Å². The molecule has 0 aliphatic carbocycles. The van der Waals surface area contributed by atoms with Crippen LogP contribution < -0.4 is 0 Å². The Morgan fingerprint density at radius 2 is 2.16 bits per heavy atom. The fraction of sp³-hybridized carbons (Fsp3) is 0.692. The number of fused-ring (bicyclic) bond motifs is 1. The highest BCUT2D eigenvalue weighted by Crippen LogP contribution is 2.26. The fourth-order valence-corrected chi connectivity index (χ4v) is 3.20. The summed E-state index contributed by atoms with van der Waals surface area (Å²) < 4.78 is 4.30. The molecular formula is C13H21ClN4S. The van der Waals surface area contributed by atoms with Crippen molar-refractivity contribution in [2.75, 3.05) is 12.0 Å². The molecule has 0 N–H and O–H groups in total. The molecule has 0 saturated heterocycles. The second kappa shape index (κ2) is 6.18. The summed E-state index contributed by atoms with van der Waals surface area (Å²) in [4.78, 5) is 4.67. The van der Waals surface area contributed by atoms with E-state index in [2.05, 4.69) is 34.8 Å². The summed E-state index contributed by atoms with van der Waals surface area (Å²) in [6.07, 6.45) is 3.25. The Morgan fingerprint density at radius 3 is 2.74 bits per heavy atom. The molecule has 0 spiro atoms. The van der Waals surface area contributed by atoms with Crippen molar-refractivity contribution < 1.29 is 0 Å². The summed E-state index contributed by atoms with van der Waals surface area (Å²) in [6.45, 7) is 7.20. The van der Waals surface area contributed by atoms with Crippen LogP contribution in [0.2, 0.25) is 0 Å². The number of thioether (sulfide) groups is 1. The smallest absolute Gasteiger partial charge is 0.159 e. The number of alkyl halides is 1. The molecule has 1 unspecified atom stereocenters. The summed E-state index contributed by atoms with van der Waals surface area (Å²) in [6, 6.07) is 0.396. The molecule has 2 aromatic heterocycles. The maximum atomic E-state index is 6.07.